The zero-order valence-corrected chi connectivity index (χ0v) is 16.0. The zero-order chi connectivity index (χ0) is 13.7. The van der Waals surface area contributed by atoms with E-state index in [1.807, 2.05) is 0 Å². The summed E-state index contributed by atoms with van der Waals surface area (Å²) >= 11 is 0. The number of carbonyl (C=O) groups excluding carboxylic acids is 1. The highest BCUT2D eigenvalue weighted by Gasteiger charge is 2.23. The van der Waals surface area contributed by atoms with Crippen molar-refractivity contribution in [2.24, 2.45) is 5.92 Å². The van der Waals surface area contributed by atoms with E-state index in [1.165, 1.54) is 0 Å². The van der Waals surface area contributed by atoms with E-state index in [0.717, 1.165) is 58.7 Å². The average Bonchev–Trinajstić information content (AvgIpc) is 2.46. The van der Waals surface area contributed by atoms with Crippen LogP contribution in [0.25, 0.3) is 0 Å². The molecule has 8 heteroatoms. The number of amides is 1. The number of halogens is 3. The first-order valence-electron chi connectivity index (χ1n) is 7.58. The molecule has 2 atom stereocenters. The van der Waals surface area contributed by atoms with Gasteiger partial charge in [-0.25, -0.2) is 0 Å². The van der Waals surface area contributed by atoms with Gasteiger partial charge in [0.25, 0.3) is 0 Å². The summed E-state index contributed by atoms with van der Waals surface area (Å²) in [5.41, 5.74) is 0. The number of nitrogens with one attached hydrogen (secondary N) is 2. The summed E-state index contributed by atoms with van der Waals surface area (Å²) in [6.45, 7) is 9.37. The van der Waals surface area contributed by atoms with Crippen molar-refractivity contribution in [1.82, 2.24) is 20.4 Å². The van der Waals surface area contributed by atoms with Crippen LogP contribution < -0.4 is 10.6 Å². The lowest BCUT2D eigenvalue weighted by Gasteiger charge is -2.36. The van der Waals surface area contributed by atoms with Gasteiger partial charge in [0.2, 0.25) is 5.91 Å². The van der Waals surface area contributed by atoms with Crippen molar-refractivity contribution in [3.05, 3.63) is 0 Å². The second-order valence-corrected chi connectivity index (χ2v) is 5.98. The van der Waals surface area contributed by atoms with Crippen molar-refractivity contribution in [2.75, 3.05) is 52.9 Å². The summed E-state index contributed by atoms with van der Waals surface area (Å²) in [5.74, 6) is 0.404. The molecule has 0 aromatic rings. The molecule has 2 aliphatic rings. The first-order valence-corrected chi connectivity index (χ1v) is 7.58. The molecule has 0 radical (unpaired) electrons. The quantitative estimate of drug-likeness (QED) is 0.767. The highest BCUT2D eigenvalue weighted by molar-refractivity contribution is 5.86. The largest absolute Gasteiger partial charge is 0.354 e. The van der Waals surface area contributed by atoms with Gasteiger partial charge in [0, 0.05) is 45.3 Å². The fourth-order valence-corrected chi connectivity index (χ4v) is 2.86. The average molecular weight is 378 g/mol. The summed E-state index contributed by atoms with van der Waals surface area (Å²) < 4.78 is 0. The van der Waals surface area contributed by atoms with Crippen LogP contribution in [0, 0.1) is 5.92 Å². The van der Waals surface area contributed by atoms with Gasteiger partial charge in [-0.1, -0.05) is 0 Å². The fraction of sp³-hybridized carbons (Fsp3) is 0.929. The van der Waals surface area contributed by atoms with Gasteiger partial charge >= 0.3 is 0 Å². The van der Waals surface area contributed by atoms with Crippen LogP contribution in [-0.4, -0.2) is 74.6 Å². The van der Waals surface area contributed by atoms with Gasteiger partial charge in [-0.3, -0.25) is 9.69 Å². The Morgan fingerprint density at radius 1 is 1.23 bits per heavy atom. The molecule has 2 unspecified atom stereocenters. The molecule has 2 heterocycles. The number of carbonyl (C=O) groups is 1. The second kappa shape index (κ2) is 12.6. The third-order valence-electron chi connectivity index (χ3n) is 4.40. The summed E-state index contributed by atoms with van der Waals surface area (Å²) in [4.78, 5) is 16.9. The fourth-order valence-electron chi connectivity index (χ4n) is 2.86. The number of hydrogen-bond acceptors (Lipinski definition) is 4. The minimum atomic E-state index is 0. The van der Waals surface area contributed by atoms with Crippen LogP contribution in [0.4, 0.5) is 0 Å². The van der Waals surface area contributed by atoms with Crippen LogP contribution in [0.2, 0.25) is 0 Å². The molecule has 0 saturated carbocycles. The van der Waals surface area contributed by atoms with Crippen LogP contribution in [0.5, 0.6) is 0 Å². The van der Waals surface area contributed by atoms with Crippen LogP contribution in [0.15, 0.2) is 0 Å². The zero-order valence-electron chi connectivity index (χ0n) is 13.5. The molecule has 2 aliphatic heterocycles. The van der Waals surface area contributed by atoms with Gasteiger partial charge in [-0.05, 0) is 33.4 Å². The predicted molar refractivity (Wildman–Crippen MR) is 98.9 cm³/mol. The first-order chi connectivity index (χ1) is 9.16. The van der Waals surface area contributed by atoms with Gasteiger partial charge < -0.3 is 15.5 Å². The smallest absolute Gasteiger partial charge is 0.224 e. The van der Waals surface area contributed by atoms with Crippen LogP contribution >= 0.6 is 37.2 Å². The summed E-state index contributed by atoms with van der Waals surface area (Å²) in [7, 11) is 2.17. The second-order valence-electron chi connectivity index (χ2n) is 5.98. The van der Waals surface area contributed by atoms with E-state index in [0.29, 0.717) is 6.04 Å². The highest BCUT2D eigenvalue weighted by Crippen LogP contribution is 2.10. The molecule has 2 N–H and O–H groups in total. The molecule has 22 heavy (non-hydrogen) atoms. The molecule has 2 saturated heterocycles. The lowest BCUT2D eigenvalue weighted by atomic mass is 9.99. The molecule has 5 nitrogen and oxygen atoms in total. The van der Waals surface area contributed by atoms with Crippen LogP contribution in [-0.2, 0) is 4.79 Å². The lowest BCUT2D eigenvalue weighted by Crippen LogP contribution is -2.52. The van der Waals surface area contributed by atoms with E-state index in [2.05, 4.69) is 34.4 Å². The minimum absolute atomic E-state index is 0. The normalized spacial score (nSPS) is 24.2. The molecule has 0 spiro atoms. The summed E-state index contributed by atoms with van der Waals surface area (Å²) in [6.07, 6.45) is 2.15. The Hall–Kier alpha value is 0.220. The first kappa shape index (κ1) is 24.5. The molecule has 0 aromatic carbocycles. The Morgan fingerprint density at radius 3 is 2.41 bits per heavy atom. The van der Waals surface area contributed by atoms with Gasteiger partial charge in [0.1, 0.15) is 0 Å². The number of piperidine rings is 1. The van der Waals surface area contributed by atoms with E-state index in [1.54, 1.807) is 0 Å². The van der Waals surface area contributed by atoms with Gasteiger partial charge in [-0.15, -0.1) is 37.2 Å². The molecule has 1 amide bonds. The van der Waals surface area contributed by atoms with Gasteiger partial charge in [0.05, 0.1) is 5.92 Å². The van der Waals surface area contributed by atoms with E-state index in [9.17, 15) is 4.79 Å². The Morgan fingerprint density at radius 2 is 1.86 bits per heavy atom. The maximum absolute atomic E-state index is 12.1. The topological polar surface area (TPSA) is 47.6 Å². The highest BCUT2D eigenvalue weighted by atomic mass is 35.5. The van der Waals surface area contributed by atoms with E-state index in [-0.39, 0.29) is 49.0 Å². The minimum Gasteiger partial charge on any atom is -0.354 e. The molecule has 0 bridgehead atoms. The van der Waals surface area contributed by atoms with Crippen molar-refractivity contribution in [2.45, 2.75) is 25.8 Å². The van der Waals surface area contributed by atoms with Crippen molar-refractivity contribution < 1.29 is 4.79 Å². The maximum Gasteiger partial charge on any atom is 0.224 e. The Bertz CT molecular complexity index is 296. The number of likely N-dealkylation sites (N-methyl/N-ethyl adjacent to an activating group) is 1. The van der Waals surface area contributed by atoms with Gasteiger partial charge in [0.15, 0.2) is 0 Å². The molecule has 0 aromatic heterocycles. The van der Waals surface area contributed by atoms with Crippen molar-refractivity contribution in [3.8, 4) is 0 Å². The SMILES string of the molecule is CC(CNC(=O)C1CCCNC1)N1CCN(C)CC1.Cl.Cl.Cl. The summed E-state index contributed by atoms with van der Waals surface area (Å²) in [5, 5.41) is 6.42. The van der Waals surface area contributed by atoms with Gasteiger partial charge in [-0.2, -0.15) is 0 Å². The van der Waals surface area contributed by atoms with Crippen LogP contribution in [0.1, 0.15) is 19.8 Å². The third kappa shape index (κ3) is 7.66. The third-order valence-corrected chi connectivity index (χ3v) is 4.40. The van der Waals surface area contributed by atoms with E-state index < -0.39 is 0 Å². The Kier molecular flexibility index (Phi) is 14.0. The number of nitrogens with zero attached hydrogens (tertiary/aromatic N) is 2. The van der Waals surface area contributed by atoms with Crippen LogP contribution in [0.3, 0.4) is 0 Å². The molecule has 134 valence electrons. The Labute approximate surface area is 153 Å². The number of piperazine rings is 1. The van der Waals surface area contributed by atoms with Crippen molar-refractivity contribution in [1.29, 1.82) is 0 Å². The maximum atomic E-state index is 12.1. The molecule has 2 fully saturated rings. The molecule has 2 rings (SSSR count). The van der Waals surface area contributed by atoms with E-state index >= 15 is 0 Å². The Balaban J connectivity index is 0. The standard InChI is InChI=1S/C14H28N4O.3ClH/c1-12(18-8-6-17(2)7-9-18)10-16-14(19)13-4-3-5-15-11-13;;;/h12-13,15H,3-11H2,1-2H3,(H,16,19);3*1H. The molecular formula is C14H31Cl3N4O. The number of hydrogen-bond donors (Lipinski definition) is 2. The predicted octanol–water partition coefficient (Wildman–Crippen LogP) is 1.00. The molecular weight excluding hydrogens is 347 g/mol. The van der Waals surface area contributed by atoms with Crippen molar-refractivity contribution >= 4 is 43.1 Å². The molecule has 0 aliphatic carbocycles. The van der Waals surface area contributed by atoms with E-state index in [4.69, 9.17) is 0 Å². The monoisotopic (exact) mass is 376 g/mol. The number of rotatable bonds is 4. The summed E-state index contributed by atoms with van der Waals surface area (Å²) in [6, 6.07) is 0.439. The van der Waals surface area contributed by atoms with Crippen molar-refractivity contribution in [3.63, 3.8) is 0 Å². The lowest BCUT2D eigenvalue weighted by molar-refractivity contribution is -0.125.